The highest BCUT2D eigenvalue weighted by atomic mass is 32.2. The van der Waals surface area contributed by atoms with E-state index in [0.29, 0.717) is 12.0 Å². The molecule has 0 radical (unpaired) electrons. The predicted octanol–water partition coefficient (Wildman–Crippen LogP) is 2.85. The predicted molar refractivity (Wildman–Crippen MR) is 95.0 cm³/mol. The molecular weight excluding hydrogens is 326 g/mol. The Hall–Kier alpha value is -2.18. The second-order valence-corrected chi connectivity index (χ2v) is 7.16. The van der Waals surface area contributed by atoms with Gasteiger partial charge < -0.3 is 4.74 Å². The molecular formula is C18H23NO4S. The van der Waals surface area contributed by atoms with E-state index in [4.69, 9.17) is 0 Å². The van der Waals surface area contributed by atoms with Gasteiger partial charge in [-0.15, -0.1) is 13.2 Å². The molecule has 1 aromatic rings. The number of hydrogen-bond donors (Lipinski definition) is 0. The van der Waals surface area contributed by atoms with E-state index in [0.717, 1.165) is 5.56 Å². The Morgan fingerprint density at radius 2 is 1.83 bits per heavy atom. The van der Waals surface area contributed by atoms with Gasteiger partial charge in [-0.05, 0) is 31.1 Å². The van der Waals surface area contributed by atoms with Gasteiger partial charge >= 0.3 is 5.97 Å². The molecule has 0 bridgehead atoms. The molecule has 0 spiro atoms. The van der Waals surface area contributed by atoms with Gasteiger partial charge in [-0.3, -0.25) is 0 Å². The highest BCUT2D eigenvalue weighted by Crippen LogP contribution is 2.19. The lowest BCUT2D eigenvalue weighted by molar-refractivity contribution is -0.134. The molecule has 0 aliphatic heterocycles. The maximum absolute atomic E-state index is 12.8. The smallest absolute Gasteiger partial charge is 0.330 e. The largest absolute Gasteiger partial charge is 0.466 e. The number of ether oxygens (including phenoxy) is 1. The third kappa shape index (κ3) is 5.47. The van der Waals surface area contributed by atoms with Crippen LogP contribution in [0.5, 0.6) is 0 Å². The van der Waals surface area contributed by atoms with Crippen LogP contribution in [0.3, 0.4) is 0 Å². The Morgan fingerprint density at radius 1 is 1.21 bits per heavy atom. The zero-order valence-corrected chi connectivity index (χ0v) is 14.9. The number of rotatable bonds is 9. The van der Waals surface area contributed by atoms with Crippen molar-refractivity contribution >= 4 is 16.0 Å². The second kappa shape index (κ2) is 9.20. The number of benzene rings is 1. The number of hydrogen-bond acceptors (Lipinski definition) is 4. The molecule has 0 unspecified atom stereocenters. The molecule has 0 saturated heterocycles. The van der Waals surface area contributed by atoms with Gasteiger partial charge in [-0.1, -0.05) is 29.8 Å². The molecule has 0 atom stereocenters. The van der Waals surface area contributed by atoms with E-state index in [2.05, 4.69) is 17.9 Å². The topological polar surface area (TPSA) is 63.7 Å². The minimum absolute atomic E-state index is 0.0589. The Morgan fingerprint density at radius 3 is 2.33 bits per heavy atom. The van der Waals surface area contributed by atoms with Crippen LogP contribution < -0.4 is 0 Å². The van der Waals surface area contributed by atoms with Crippen LogP contribution in [0, 0.1) is 6.92 Å². The summed E-state index contributed by atoms with van der Waals surface area (Å²) in [6, 6.07) is 6.62. The molecule has 1 aromatic carbocycles. The summed E-state index contributed by atoms with van der Waals surface area (Å²) in [6.45, 7) is 9.33. The summed E-state index contributed by atoms with van der Waals surface area (Å²) in [6.07, 6.45) is 4.80. The molecule has 130 valence electrons. The molecule has 5 nitrogen and oxygen atoms in total. The zero-order valence-electron chi connectivity index (χ0n) is 14.1. The molecule has 0 amide bonds. The van der Waals surface area contributed by atoms with Gasteiger partial charge in [-0.25, -0.2) is 13.2 Å². The summed E-state index contributed by atoms with van der Waals surface area (Å²) >= 11 is 0. The van der Waals surface area contributed by atoms with E-state index < -0.39 is 16.0 Å². The third-order valence-electron chi connectivity index (χ3n) is 3.30. The first kappa shape index (κ1) is 19.9. The second-order valence-electron chi connectivity index (χ2n) is 5.22. The van der Waals surface area contributed by atoms with Crippen molar-refractivity contribution in [3.05, 3.63) is 66.8 Å². The lowest BCUT2D eigenvalue weighted by Crippen LogP contribution is -2.33. The zero-order chi connectivity index (χ0) is 18.2. The molecule has 0 heterocycles. The van der Waals surface area contributed by atoms with Crippen molar-refractivity contribution in [3.63, 3.8) is 0 Å². The fourth-order valence-corrected chi connectivity index (χ4v) is 3.47. The first-order chi connectivity index (χ1) is 11.3. The fourth-order valence-electron chi connectivity index (χ4n) is 2.06. The standard InChI is InChI=1S/C18H23NO4S/c1-5-7-16(13-18(20)23-4)14-19(12-6-2)24(21,22)17-10-8-15(3)9-11-17/h5-6,8-11,13H,1-2,7,12,14H2,3-4H3/b16-13+. The fraction of sp³-hybridized carbons (Fsp3) is 0.278. The minimum Gasteiger partial charge on any atom is -0.466 e. The molecule has 0 aromatic heterocycles. The highest BCUT2D eigenvalue weighted by Gasteiger charge is 2.24. The van der Waals surface area contributed by atoms with Gasteiger partial charge in [0.1, 0.15) is 0 Å². The molecule has 24 heavy (non-hydrogen) atoms. The summed E-state index contributed by atoms with van der Waals surface area (Å²) in [5.41, 5.74) is 1.57. The number of allylic oxidation sites excluding steroid dienone is 1. The molecule has 0 saturated carbocycles. The van der Waals surface area contributed by atoms with Gasteiger partial charge in [0.2, 0.25) is 10.0 Å². The maximum Gasteiger partial charge on any atom is 0.330 e. The van der Waals surface area contributed by atoms with Crippen LogP contribution in [0.2, 0.25) is 0 Å². The van der Waals surface area contributed by atoms with E-state index in [1.807, 2.05) is 6.92 Å². The Balaban J connectivity index is 3.17. The van der Waals surface area contributed by atoms with Gasteiger partial charge in [0.25, 0.3) is 0 Å². The Bertz CT molecular complexity index is 718. The van der Waals surface area contributed by atoms with Crippen LogP contribution >= 0.6 is 0 Å². The van der Waals surface area contributed by atoms with Crippen LogP contribution in [-0.4, -0.2) is 38.9 Å². The maximum atomic E-state index is 12.8. The van der Waals surface area contributed by atoms with E-state index in [9.17, 15) is 13.2 Å². The molecule has 0 fully saturated rings. The van der Waals surface area contributed by atoms with E-state index in [-0.39, 0.29) is 18.0 Å². The monoisotopic (exact) mass is 349 g/mol. The van der Waals surface area contributed by atoms with Crippen molar-refractivity contribution in [1.82, 2.24) is 4.31 Å². The number of esters is 1. The SMILES string of the molecule is C=CC/C(=C\C(=O)OC)CN(CC=C)S(=O)(=O)c1ccc(C)cc1. The van der Waals surface area contributed by atoms with Crippen LogP contribution in [0.25, 0.3) is 0 Å². The number of sulfonamides is 1. The van der Waals surface area contributed by atoms with Crippen LogP contribution in [0.15, 0.2) is 66.1 Å². The summed E-state index contributed by atoms with van der Waals surface area (Å²) in [4.78, 5) is 11.7. The van der Waals surface area contributed by atoms with Crippen LogP contribution in [-0.2, 0) is 19.6 Å². The molecule has 0 aliphatic rings. The quantitative estimate of drug-likeness (QED) is 0.391. The van der Waals surface area contributed by atoms with Crippen LogP contribution in [0.1, 0.15) is 12.0 Å². The van der Waals surface area contributed by atoms with Crippen molar-refractivity contribution in [2.75, 3.05) is 20.2 Å². The van der Waals surface area contributed by atoms with Crippen LogP contribution in [0.4, 0.5) is 0 Å². The summed E-state index contributed by atoms with van der Waals surface area (Å²) in [5.74, 6) is -0.530. The van der Waals surface area contributed by atoms with Crippen molar-refractivity contribution in [2.24, 2.45) is 0 Å². The normalized spacial score (nSPS) is 12.0. The van der Waals surface area contributed by atoms with Crippen molar-refractivity contribution in [2.45, 2.75) is 18.2 Å². The number of aryl methyl sites for hydroxylation is 1. The molecule has 6 heteroatoms. The van der Waals surface area contributed by atoms with Gasteiger partial charge in [0.05, 0.1) is 12.0 Å². The van der Waals surface area contributed by atoms with Gasteiger partial charge in [0.15, 0.2) is 0 Å². The first-order valence-corrected chi connectivity index (χ1v) is 8.85. The number of carbonyl (C=O) groups is 1. The van der Waals surface area contributed by atoms with Crippen molar-refractivity contribution in [1.29, 1.82) is 0 Å². The summed E-state index contributed by atoms with van der Waals surface area (Å²) in [7, 11) is -2.43. The van der Waals surface area contributed by atoms with E-state index >= 15 is 0 Å². The average Bonchev–Trinajstić information content (AvgIpc) is 2.54. The van der Waals surface area contributed by atoms with E-state index in [1.165, 1.54) is 23.6 Å². The van der Waals surface area contributed by atoms with Gasteiger partial charge in [-0.2, -0.15) is 4.31 Å². The van der Waals surface area contributed by atoms with E-state index in [1.54, 1.807) is 30.3 Å². The number of carbonyl (C=O) groups excluding carboxylic acids is 1. The van der Waals surface area contributed by atoms with Gasteiger partial charge in [0, 0.05) is 19.2 Å². The number of methoxy groups -OCH3 is 1. The summed E-state index contributed by atoms with van der Waals surface area (Å²) < 4.78 is 31.6. The Labute approximate surface area is 144 Å². The number of nitrogens with zero attached hydrogens (tertiary/aromatic N) is 1. The summed E-state index contributed by atoms with van der Waals surface area (Å²) in [5, 5.41) is 0. The van der Waals surface area contributed by atoms with Crippen molar-refractivity contribution in [3.8, 4) is 0 Å². The molecule has 0 N–H and O–H groups in total. The third-order valence-corrected chi connectivity index (χ3v) is 5.13. The minimum atomic E-state index is -3.70. The first-order valence-electron chi connectivity index (χ1n) is 7.41. The molecule has 0 aliphatic carbocycles. The average molecular weight is 349 g/mol. The van der Waals surface area contributed by atoms with Crippen molar-refractivity contribution < 1.29 is 17.9 Å². The highest BCUT2D eigenvalue weighted by molar-refractivity contribution is 7.89. The Kier molecular flexibility index (Phi) is 7.61. The lowest BCUT2D eigenvalue weighted by Gasteiger charge is -2.22. The lowest BCUT2D eigenvalue weighted by atomic mass is 10.1. The molecule has 1 rings (SSSR count).